The molecule has 1 N–H and O–H groups in total. The van der Waals surface area contributed by atoms with E-state index in [1.807, 2.05) is 0 Å². The lowest BCUT2D eigenvalue weighted by molar-refractivity contribution is 0.415. The van der Waals surface area contributed by atoms with Crippen LogP contribution in [-0.4, -0.2) is 20.5 Å². The minimum atomic E-state index is -3.98. The van der Waals surface area contributed by atoms with Crippen LogP contribution in [0.25, 0.3) is 11.5 Å². The molecule has 0 atom stereocenters. The molecule has 1 aromatic heterocycles. The summed E-state index contributed by atoms with van der Waals surface area (Å²) in [5, 5.41) is 3.15. The van der Waals surface area contributed by atoms with Crippen molar-refractivity contribution in [2.75, 3.05) is 12.4 Å². The van der Waals surface area contributed by atoms with Gasteiger partial charge in [0, 0.05) is 16.2 Å². The Kier molecular flexibility index (Phi) is 6.04. The molecular weight excluding hydrogens is 504 g/mol. The molecule has 3 aromatic carbocycles. The third kappa shape index (κ3) is 4.46. The Morgan fingerprint density at radius 2 is 1.77 bits per heavy atom. The van der Waals surface area contributed by atoms with E-state index < -0.39 is 9.84 Å². The fraction of sp³-hybridized carbons (Fsp3) is 0.0455. The van der Waals surface area contributed by atoms with E-state index in [0.717, 1.165) is 4.47 Å². The molecule has 6 nitrogen and oxygen atoms in total. The van der Waals surface area contributed by atoms with Gasteiger partial charge in [-0.25, -0.2) is 8.42 Å². The maximum Gasteiger partial charge on any atom is 0.238 e. The van der Waals surface area contributed by atoms with Crippen molar-refractivity contribution in [3.05, 3.63) is 82.3 Å². The van der Waals surface area contributed by atoms with Gasteiger partial charge in [-0.1, -0.05) is 45.7 Å². The van der Waals surface area contributed by atoms with Crippen LogP contribution in [0.2, 0.25) is 5.02 Å². The zero-order chi connectivity index (χ0) is 22.0. The number of oxazole rings is 1. The molecule has 0 aliphatic heterocycles. The van der Waals surface area contributed by atoms with Crippen LogP contribution in [0, 0.1) is 0 Å². The van der Waals surface area contributed by atoms with Crippen LogP contribution < -0.4 is 10.1 Å². The summed E-state index contributed by atoms with van der Waals surface area (Å²) in [5.74, 6) is 0.672. The molecule has 0 saturated carbocycles. The van der Waals surface area contributed by atoms with Crippen LogP contribution in [0.5, 0.6) is 5.75 Å². The first-order valence-electron chi connectivity index (χ1n) is 9.06. The summed E-state index contributed by atoms with van der Waals surface area (Å²) in [6.07, 6.45) is 0. The van der Waals surface area contributed by atoms with E-state index in [4.69, 9.17) is 20.8 Å². The summed E-state index contributed by atoms with van der Waals surface area (Å²) in [4.78, 5) is 4.39. The monoisotopic (exact) mass is 518 g/mol. The molecule has 31 heavy (non-hydrogen) atoms. The number of ether oxygens (including phenoxy) is 1. The first kappa shape index (κ1) is 21.4. The lowest BCUT2D eigenvalue weighted by atomic mass is 10.2. The maximum atomic E-state index is 13.4. The predicted octanol–water partition coefficient (Wildman–Crippen LogP) is 6.34. The second-order valence-corrected chi connectivity index (χ2v) is 9.64. The molecule has 0 saturated heterocycles. The SMILES string of the molecule is COc1cccc(Nc2oc(-c3ccccc3Cl)nc2S(=O)(=O)c2ccc(Br)cc2)c1. The highest BCUT2D eigenvalue weighted by Crippen LogP contribution is 2.36. The van der Waals surface area contributed by atoms with Crippen molar-refractivity contribution >= 4 is 48.9 Å². The number of nitrogens with zero attached hydrogens (tertiary/aromatic N) is 1. The van der Waals surface area contributed by atoms with Crippen molar-refractivity contribution in [1.29, 1.82) is 0 Å². The summed E-state index contributed by atoms with van der Waals surface area (Å²) in [7, 11) is -2.44. The average Bonchev–Trinajstić information content (AvgIpc) is 3.19. The Bertz CT molecular complexity index is 1340. The summed E-state index contributed by atoms with van der Waals surface area (Å²) < 4.78 is 38.6. The van der Waals surface area contributed by atoms with Crippen molar-refractivity contribution in [2.45, 2.75) is 9.92 Å². The highest BCUT2D eigenvalue weighted by Gasteiger charge is 2.29. The minimum absolute atomic E-state index is 0.0221. The number of hydrogen-bond acceptors (Lipinski definition) is 6. The van der Waals surface area contributed by atoms with Crippen LogP contribution in [0.1, 0.15) is 0 Å². The van der Waals surface area contributed by atoms with Crippen molar-refractivity contribution in [1.82, 2.24) is 4.98 Å². The van der Waals surface area contributed by atoms with Crippen LogP contribution in [0.3, 0.4) is 0 Å². The zero-order valence-electron chi connectivity index (χ0n) is 16.2. The standard InChI is InChI=1S/C22H16BrClN2O4S/c1-29-16-6-4-5-15(13-16)25-21-22(31(27,28)17-11-9-14(23)10-12-17)26-20(30-21)18-7-2-3-8-19(18)24/h2-13,25H,1H3. The number of aromatic nitrogens is 1. The van der Waals surface area contributed by atoms with E-state index in [1.54, 1.807) is 67.8 Å². The third-order valence-electron chi connectivity index (χ3n) is 4.41. The molecule has 0 fully saturated rings. The molecule has 9 heteroatoms. The number of hydrogen-bond donors (Lipinski definition) is 1. The predicted molar refractivity (Wildman–Crippen MR) is 123 cm³/mol. The first-order chi connectivity index (χ1) is 14.9. The Hall–Kier alpha value is -2.81. The van der Waals surface area contributed by atoms with Gasteiger partial charge in [-0.05, 0) is 48.5 Å². The Labute approximate surface area is 192 Å². The molecule has 0 radical (unpaired) electrons. The number of benzene rings is 3. The van der Waals surface area contributed by atoms with Crippen molar-refractivity contribution < 1.29 is 17.6 Å². The van der Waals surface area contributed by atoms with Gasteiger partial charge in [0.05, 0.1) is 22.6 Å². The molecule has 4 aromatic rings. The fourth-order valence-corrected chi connectivity index (χ4v) is 4.61. The zero-order valence-corrected chi connectivity index (χ0v) is 19.3. The maximum absolute atomic E-state index is 13.4. The number of methoxy groups -OCH3 is 1. The highest BCUT2D eigenvalue weighted by molar-refractivity contribution is 9.10. The van der Waals surface area contributed by atoms with Gasteiger partial charge < -0.3 is 14.5 Å². The number of anilines is 2. The molecular formula is C22H16BrClN2O4S. The Morgan fingerprint density at radius 3 is 2.48 bits per heavy atom. The van der Waals surface area contributed by atoms with E-state index in [0.29, 0.717) is 22.0 Å². The van der Waals surface area contributed by atoms with Gasteiger partial charge in [-0.2, -0.15) is 4.98 Å². The van der Waals surface area contributed by atoms with E-state index >= 15 is 0 Å². The largest absolute Gasteiger partial charge is 0.497 e. The molecule has 0 aliphatic carbocycles. The lowest BCUT2D eigenvalue weighted by Crippen LogP contribution is -2.05. The second kappa shape index (κ2) is 8.74. The van der Waals surface area contributed by atoms with Gasteiger partial charge in [0.15, 0.2) is 0 Å². The quantitative estimate of drug-likeness (QED) is 0.320. The first-order valence-corrected chi connectivity index (χ1v) is 11.7. The Morgan fingerprint density at radius 1 is 1.03 bits per heavy atom. The van der Waals surface area contributed by atoms with E-state index in [-0.39, 0.29) is 21.7 Å². The summed E-state index contributed by atoms with van der Waals surface area (Å²) in [5.41, 5.74) is 1.06. The van der Waals surface area contributed by atoms with Gasteiger partial charge in [-0.3, -0.25) is 0 Å². The average molecular weight is 520 g/mol. The van der Waals surface area contributed by atoms with E-state index in [1.165, 1.54) is 12.1 Å². The van der Waals surface area contributed by atoms with Gasteiger partial charge in [0.25, 0.3) is 0 Å². The topological polar surface area (TPSA) is 81.4 Å². The molecule has 0 unspecified atom stereocenters. The summed E-state index contributed by atoms with van der Waals surface area (Å²) >= 11 is 9.59. The number of sulfone groups is 1. The normalized spacial score (nSPS) is 11.3. The lowest BCUT2D eigenvalue weighted by Gasteiger charge is -2.07. The van der Waals surface area contributed by atoms with Crippen LogP contribution >= 0.6 is 27.5 Å². The van der Waals surface area contributed by atoms with Gasteiger partial charge in [-0.15, -0.1) is 0 Å². The molecule has 0 amide bonds. The Balaban J connectivity index is 1.86. The molecule has 0 bridgehead atoms. The smallest absolute Gasteiger partial charge is 0.238 e. The minimum Gasteiger partial charge on any atom is -0.497 e. The highest BCUT2D eigenvalue weighted by atomic mass is 79.9. The number of nitrogens with one attached hydrogen (secondary N) is 1. The van der Waals surface area contributed by atoms with E-state index in [9.17, 15) is 8.42 Å². The van der Waals surface area contributed by atoms with Crippen LogP contribution in [0.15, 0.2) is 91.6 Å². The number of halogens is 2. The summed E-state index contributed by atoms with van der Waals surface area (Å²) in [6, 6.07) is 20.2. The van der Waals surface area contributed by atoms with Crippen molar-refractivity contribution in [2.24, 2.45) is 0 Å². The van der Waals surface area contributed by atoms with Crippen LogP contribution in [-0.2, 0) is 9.84 Å². The second-order valence-electron chi connectivity index (χ2n) is 6.45. The number of rotatable bonds is 6. The molecule has 4 rings (SSSR count). The molecule has 0 aliphatic rings. The van der Waals surface area contributed by atoms with E-state index in [2.05, 4.69) is 26.2 Å². The van der Waals surface area contributed by atoms with Gasteiger partial charge in [0.2, 0.25) is 26.6 Å². The fourth-order valence-electron chi connectivity index (χ4n) is 2.87. The van der Waals surface area contributed by atoms with Crippen molar-refractivity contribution in [3.8, 4) is 17.2 Å². The summed E-state index contributed by atoms with van der Waals surface area (Å²) in [6.45, 7) is 0. The third-order valence-corrected chi connectivity index (χ3v) is 6.94. The molecule has 1 heterocycles. The van der Waals surface area contributed by atoms with Crippen molar-refractivity contribution in [3.63, 3.8) is 0 Å². The van der Waals surface area contributed by atoms with Crippen LogP contribution in [0.4, 0.5) is 11.6 Å². The van der Waals surface area contributed by atoms with Gasteiger partial charge in [0.1, 0.15) is 5.75 Å². The molecule has 158 valence electrons. The van der Waals surface area contributed by atoms with Gasteiger partial charge >= 0.3 is 0 Å². The molecule has 0 spiro atoms.